The molecular weight excluding hydrogens is 372 g/mol. The van der Waals surface area contributed by atoms with Gasteiger partial charge in [0.15, 0.2) is 0 Å². The average Bonchev–Trinajstić information content (AvgIpc) is 2.78. The Hall–Kier alpha value is -1.87. The second-order valence-corrected chi connectivity index (χ2v) is 8.18. The van der Waals surface area contributed by atoms with Gasteiger partial charge in [-0.1, -0.05) is 94.5 Å². The number of hydrogen-bond acceptors (Lipinski definition) is 2. The summed E-state index contributed by atoms with van der Waals surface area (Å²) in [7, 11) is 0. The van der Waals surface area contributed by atoms with E-state index in [-0.39, 0.29) is 0 Å². The lowest BCUT2D eigenvalue weighted by atomic mass is 10.0. The maximum absolute atomic E-state index is 8.62. The predicted molar refractivity (Wildman–Crippen MR) is 128 cm³/mol. The molecule has 30 heavy (non-hydrogen) atoms. The molecule has 2 rings (SSSR count). The Balaban J connectivity index is 1.31. The van der Waals surface area contributed by atoms with Gasteiger partial charge in [0.25, 0.3) is 6.29 Å². The van der Waals surface area contributed by atoms with Crippen LogP contribution in [0, 0.1) is 0 Å². The Morgan fingerprint density at radius 3 is 1.87 bits per heavy atom. The monoisotopic (exact) mass is 413 g/mol. The van der Waals surface area contributed by atoms with Crippen LogP contribution < -0.4 is 4.74 Å². The van der Waals surface area contributed by atoms with E-state index in [1.807, 2.05) is 6.07 Å². The first-order valence-electron chi connectivity index (χ1n) is 12.1. The fourth-order valence-corrected chi connectivity index (χ4v) is 3.79. The summed E-state index contributed by atoms with van der Waals surface area (Å²) in [6, 6.07) is 14.6. The summed E-state index contributed by atoms with van der Waals surface area (Å²) < 4.78 is 11.5. The van der Waals surface area contributed by atoms with Crippen molar-refractivity contribution in [3.63, 3.8) is 0 Å². The molecule has 0 fully saturated rings. The van der Waals surface area contributed by atoms with Crippen LogP contribution >= 0.6 is 0 Å². The zero-order valence-electron chi connectivity index (χ0n) is 18.7. The third-order valence-electron chi connectivity index (χ3n) is 5.59. The molecule has 2 aromatic carbocycles. The predicted octanol–water partition coefficient (Wildman–Crippen LogP) is 7.48. The summed E-state index contributed by atoms with van der Waals surface area (Å²) in [5, 5.41) is 2.45. The Morgan fingerprint density at radius 1 is 0.600 bits per heavy atom. The van der Waals surface area contributed by atoms with Crippen molar-refractivity contribution >= 4 is 17.1 Å². The lowest BCUT2D eigenvalue weighted by Crippen LogP contribution is -2.07. The third-order valence-corrected chi connectivity index (χ3v) is 5.59. The zero-order chi connectivity index (χ0) is 21.1. The highest BCUT2D eigenvalue weighted by Crippen LogP contribution is 2.20. The van der Waals surface area contributed by atoms with Gasteiger partial charge in [0.05, 0.1) is 13.0 Å². The normalized spacial score (nSPS) is 11.1. The highest BCUT2D eigenvalue weighted by Gasteiger charge is 1.98. The van der Waals surface area contributed by atoms with Gasteiger partial charge in [-0.25, -0.2) is 0 Å². The lowest BCUT2D eigenvalue weighted by Gasteiger charge is -2.08. The minimum absolute atomic E-state index is 0.609. The number of hydrogen-bond donors (Lipinski definition) is 0. The standard InChI is InChI=1S/C27H40O3/c28-20-14-10-8-6-4-2-1-3-5-7-9-11-15-21-29-22-23-30-27-19-18-25-16-12-13-17-26(25)24-27/h12-13,16-20,24H,1-11,14-15,21-23H2/p+1. The molecule has 0 spiro atoms. The second-order valence-electron chi connectivity index (χ2n) is 8.18. The number of unbranched alkanes of at least 4 members (excludes halogenated alkanes) is 12. The molecule has 0 unspecified atom stereocenters. The first-order chi connectivity index (χ1) is 14.9. The summed E-state index contributed by atoms with van der Waals surface area (Å²) in [6.45, 7) is 2.11. The Bertz CT molecular complexity index is 683. The van der Waals surface area contributed by atoms with Gasteiger partial charge in [0.2, 0.25) is 0 Å². The Morgan fingerprint density at radius 2 is 1.20 bits per heavy atom. The van der Waals surface area contributed by atoms with Crippen molar-refractivity contribution in [2.45, 2.75) is 83.5 Å². The van der Waals surface area contributed by atoms with Crippen LogP contribution in [-0.2, 0) is 4.74 Å². The van der Waals surface area contributed by atoms with Crippen molar-refractivity contribution in [1.29, 1.82) is 0 Å². The van der Waals surface area contributed by atoms with Gasteiger partial charge < -0.3 is 9.47 Å². The quantitative estimate of drug-likeness (QED) is 0.136. The molecule has 0 bridgehead atoms. The van der Waals surface area contributed by atoms with Gasteiger partial charge in [-0.2, -0.15) is 0 Å². The Labute approximate surface area is 183 Å². The first-order valence-corrected chi connectivity index (χ1v) is 12.1. The molecule has 0 aromatic heterocycles. The minimum Gasteiger partial charge on any atom is -0.491 e. The van der Waals surface area contributed by atoms with E-state index < -0.39 is 0 Å². The van der Waals surface area contributed by atoms with Crippen molar-refractivity contribution in [2.75, 3.05) is 19.8 Å². The van der Waals surface area contributed by atoms with E-state index in [0.717, 1.165) is 31.6 Å². The molecule has 3 heteroatoms. The SMILES string of the molecule is [OH+]=CCCCCCCCCCCCCCCOCCOc1ccc2ccccc2c1. The molecular formula is C27H41O3+. The number of ether oxygens (including phenoxy) is 2. The fraction of sp³-hybridized carbons (Fsp3) is 0.593. The molecule has 0 aliphatic carbocycles. The van der Waals surface area contributed by atoms with E-state index in [9.17, 15) is 0 Å². The molecule has 0 saturated carbocycles. The number of fused-ring (bicyclic) bond motifs is 1. The topological polar surface area (TPSA) is 39.9 Å². The van der Waals surface area contributed by atoms with Crippen molar-refractivity contribution < 1.29 is 14.3 Å². The summed E-state index contributed by atoms with van der Waals surface area (Å²) >= 11 is 0. The molecule has 0 saturated heterocycles. The van der Waals surface area contributed by atoms with Gasteiger partial charge in [0, 0.05) is 6.61 Å². The van der Waals surface area contributed by atoms with Crippen LogP contribution in [0.5, 0.6) is 5.75 Å². The van der Waals surface area contributed by atoms with Gasteiger partial charge in [0.1, 0.15) is 12.4 Å². The number of benzene rings is 2. The van der Waals surface area contributed by atoms with E-state index in [1.54, 1.807) is 0 Å². The number of aldehydes is 1. The average molecular weight is 414 g/mol. The number of rotatable bonds is 19. The summed E-state index contributed by atoms with van der Waals surface area (Å²) in [5.41, 5.74) is 0. The molecule has 166 valence electrons. The maximum Gasteiger partial charge on any atom is 0.281 e. The smallest absolute Gasteiger partial charge is 0.281 e. The molecule has 3 nitrogen and oxygen atoms in total. The largest absolute Gasteiger partial charge is 0.491 e. The van der Waals surface area contributed by atoms with Crippen molar-refractivity contribution in [3.05, 3.63) is 42.5 Å². The number of carbonyl (C=O) groups excluding carboxylic acids is 1. The van der Waals surface area contributed by atoms with Crippen LogP contribution in [0.15, 0.2) is 42.5 Å². The maximum atomic E-state index is 8.62. The van der Waals surface area contributed by atoms with E-state index in [0.29, 0.717) is 13.2 Å². The lowest BCUT2D eigenvalue weighted by molar-refractivity contribution is 0.0971. The summed E-state index contributed by atoms with van der Waals surface area (Å²) in [6.07, 6.45) is 17.8. The molecule has 0 atom stereocenters. The second kappa shape index (κ2) is 16.9. The van der Waals surface area contributed by atoms with Crippen molar-refractivity contribution in [1.82, 2.24) is 0 Å². The molecule has 0 radical (unpaired) electrons. The van der Waals surface area contributed by atoms with Crippen LogP contribution in [-0.4, -0.2) is 30.9 Å². The van der Waals surface area contributed by atoms with Gasteiger partial charge in [-0.05, 0) is 35.7 Å². The summed E-state index contributed by atoms with van der Waals surface area (Å²) in [4.78, 5) is 8.62. The third kappa shape index (κ3) is 11.3. The molecule has 0 aliphatic rings. The van der Waals surface area contributed by atoms with Crippen LogP contribution in [0.3, 0.4) is 0 Å². The Kier molecular flexibility index (Phi) is 13.7. The molecule has 2 aromatic rings. The van der Waals surface area contributed by atoms with Crippen molar-refractivity contribution in [3.8, 4) is 5.75 Å². The van der Waals surface area contributed by atoms with Gasteiger partial charge >= 0.3 is 0 Å². The van der Waals surface area contributed by atoms with Crippen LogP contribution in [0.25, 0.3) is 10.8 Å². The van der Waals surface area contributed by atoms with Gasteiger partial charge in [-0.3, -0.25) is 4.79 Å². The van der Waals surface area contributed by atoms with E-state index >= 15 is 0 Å². The minimum atomic E-state index is 0.609. The molecule has 0 aliphatic heterocycles. The van der Waals surface area contributed by atoms with E-state index in [4.69, 9.17) is 14.3 Å². The molecule has 0 amide bonds. The van der Waals surface area contributed by atoms with E-state index in [2.05, 4.69) is 36.4 Å². The summed E-state index contributed by atoms with van der Waals surface area (Å²) in [5.74, 6) is 0.914. The van der Waals surface area contributed by atoms with Crippen LogP contribution in [0.2, 0.25) is 0 Å². The van der Waals surface area contributed by atoms with Crippen LogP contribution in [0.4, 0.5) is 0 Å². The molecule has 1 N–H and O–H groups in total. The first kappa shape index (κ1) is 24.4. The highest BCUT2D eigenvalue weighted by molar-refractivity contribution is 5.83. The van der Waals surface area contributed by atoms with Crippen molar-refractivity contribution in [2.24, 2.45) is 0 Å². The highest BCUT2D eigenvalue weighted by atomic mass is 16.5. The van der Waals surface area contributed by atoms with Gasteiger partial charge in [-0.15, -0.1) is 0 Å². The fourth-order valence-electron chi connectivity index (χ4n) is 3.79. The van der Waals surface area contributed by atoms with E-state index in [1.165, 1.54) is 81.3 Å². The molecule has 0 heterocycles. The van der Waals surface area contributed by atoms with Crippen LogP contribution in [0.1, 0.15) is 83.5 Å². The zero-order valence-corrected chi connectivity index (χ0v) is 18.7.